The first-order valence-electron chi connectivity index (χ1n) is 6.50. The van der Waals surface area contributed by atoms with Gasteiger partial charge in [-0.1, -0.05) is 13.8 Å². The Morgan fingerprint density at radius 1 is 1.37 bits per heavy atom. The normalized spacial score (nSPS) is 10.8. The van der Waals surface area contributed by atoms with Crippen molar-refractivity contribution >= 4 is 11.5 Å². The highest BCUT2D eigenvalue weighted by Crippen LogP contribution is 2.24. The molecule has 0 aliphatic heterocycles. The molecule has 1 aromatic heterocycles. The summed E-state index contributed by atoms with van der Waals surface area (Å²) < 4.78 is 0. The molecule has 1 heterocycles. The van der Waals surface area contributed by atoms with E-state index in [1.807, 2.05) is 14.1 Å². The highest BCUT2D eigenvalue weighted by molar-refractivity contribution is 5.70. The summed E-state index contributed by atoms with van der Waals surface area (Å²) in [4.78, 5) is 8.63. The average Bonchev–Trinajstić information content (AvgIpc) is 2.34. The molecule has 0 aliphatic rings. The summed E-state index contributed by atoms with van der Waals surface area (Å²) in [6.07, 6.45) is 1.65. The minimum atomic E-state index is 0.476. The van der Waals surface area contributed by atoms with Gasteiger partial charge in [-0.3, -0.25) is 0 Å². The lowest BCUT2D eigenvalue weighted by Crippen LogP contribution is -2.35. The third-order valence-electron chi connectivity index (χ3n) is 2.79. The summed E-state index contributed by atoms with van der Waals surface area (Å²) in [5.74, 6) is 1.23. The largest absolute Gasteiger partial charge is 0.395 e. The molecule has 0 aliphatic carbocycles. The van der Waals surface area contributed by atoms with Gasteiger partial charge in [0.05, 0.1) is 11.3 Å². The van der Waals surface area contributed by atoms with Gasteiger partial charge in [0.1, 0.15) is 6.07 Å². The second-order valence-corrected chi connectivity index (χ2v) is 5.35. The number of likely N-dealkylation sites (N-methyl/N-ethyl adjacent to an activating group) is 1. The number of nitrogens with two attached hydrogens (primary N) is 1. The van der Waals surface area contributed by atoms with Crippen LogP contribution in [0, 0.1) is 17.2 Å². The molecular weight excluding hydrogens is 238 g/mol. The summed E-state index contributed by atoms with van der Waals surface area (Å²) in [5.41, 5.74) is 7.00. The standard InChI is InChI=1S/C14H23N5/c1-11(2)10-19(8-7-18(3)4)14-13(16)12(9-15)5-6-17-14/h5-6,11H,7-8,10,16H2,1-4H3. The molecule has 0 fully saturated rings. The Bertz CT molecular complexity index is 448. The van der Waals surface area contributed by atoms with Crippen LogP contribution in [0.5, 0.6) is 0 Å². The molecule has 19 heavy (non-hydrogen) atoms. The number of nitrogen functional groups attached to an aromatic ring is 1. The molecule has 104 valence electrons. The summed E-state index contributed by atoms with van der Waals surface area (Å²) in [6, 6.07) is 3.76. The number of hydrogen-bond acceptors (Lipinski definition) is 5. The lowest BCUT2D eigenvalue weighted by molar-refractivity contribution is 0.408. The van der Waals surface area contributed by atoms with Crippen molar-refractivity contribution in [2.75, 3.05) is 44.4 Å². The van der Waals surface area contributed by atoms with Gasteiger partial charge in [-0.25, -0.2) is 4.98 Å². The van der Waals surface area contributed by atoms with Crippen LogP contribution in [-0.2, 0) is 0 Å². The fraction of sp³-hybridized carbons (Fsp3) is 0.571. The van der Waals surface area contributed by atoms with Crippen molar-refractivity contribution in [1.29, 1.82) is 5.26 Å². The predicted octanol–water partition coefficient (Wildman–Crippen LogP) is 1.56. The fourth-order valence-electron chi connectivity index (χ4n) is 1.86. The Balaban J connectivity index is 3.00. The molecule has 0 aromatic carbocycles. The smallest absolute Gasteiger partial charge is 0.153 e. The molecule has 0 saturated carbocycles. The zero-order valence-electron chi connectivity index (χ0n) is 12.2. The van der Waals surface area contributed by atoms with Crippen molar-refractivity contribution in [2.45, 2.75) is 13.8 Å². The molecule has 0 amide bonds. The van der Waals surface area contributed by atoms with Gasteiger partial charge >= 0.3 is 0 Å². The van der Waals surface area contributed by atoms with E-state index < -0.39 is 0 Å². The predicted molar refractivity (Wildman–Crippen MR) is 79.0 cm³/mol. The van der Waals surface area contributed by atoms with Crippen LogP contribution in [0.4, 0.5) is 11.5 Å². The molecule has 2 N–H and O–H groups in total. The molecule has 0 saturated heterocycles. The number of nitriles is 1. The van der Waals surface area contributed by atoms with E-state index >= 15 is 0 Å². The van der Waals surface area contributed by atoms with Gasteiger partial charge in [-0.15, -0.1) is 0 Å². The molecule has 1 aromatic rings. The molecule has 0 radical (unpaired) electrons. The summed E-state index contributed by atoms with van der Waals surface area (Å²) >= 11 is 0. The maximum atomic E-state index is 9.04. The van der Waals surface area contributed by atoms with Crippen LogP contribution < -0.4 is 10.6 Å². The van der Waals surface area contributed by atoms with E-state index in [2.05, 4.69) is 34.7 Å². The van der Waals surface area contributed by atoms with E-state index in [0.717, 1.165) is 25.5 Å². The Labute approximate surface area is 115 Å². The molecule has 5 heteroatoms. The summed E-state index contributed by atoms with van der Waals surface area (Å²) in [5, 5.41) is 9.04. The zero-order valence-corrected chi connectivity index (χ0v) is 12.2. The van der Waals surface area contributed by atoms with E-state index in [1.165, 1.54) is 0 Å². The number of anilines is 2. The SMILES string of the molecule is CC(C)CN(CCN(C)C)c1nccc(C#N)c1N. The summed E-state index contributed by atoms with van der Waals surface area (Å²) in [7, 11) is 4.08. The monoisotopic (exact) mass is 261 g/mol. The van der Waals surface area contributed by atoms with Crippen LogP contribution in [0.1, 0.15) is 19.4 Å². The van der Waals surface area contributed by atoms with E-state index in [1.54, 1.807) is 12.3 Å². The van der Waals surface area contributed by atoms with Gasteiger partial charge in [0.2, 0.25) is 0 Å². The zero-order chi connectivity index (χ0) is 14.4. The minimum absolute atomic E-state index is 0.476. The Morgan fingerprint density at radius 3 is 2.58 bits per heavy atom. The minimum Gasteiger partial charge on any atom is -0.395 e. The van der Waals surface area contributed by atoms with Crippen molar-refractivity contribution in [3.8, 4) is 6.07 Å². The lowest BCUT2D eigenvalue weighted by Gasteiger charge is -2.28. The maximum absolute atomic E-state index is 9.04. The third-order valence-corrected chi connectivity index (χ3v) is 2.79. The van der Waals surface area contributed by atoms with Crippen LogP contribution in [0.2, 0.25) is 0 Å². The molecule has 1 rings (SSSR count). The molecule has 0 bridgehead atoms. The lowest BCUT2D eigenvalue weighted by atomic mass is 10.2. The second kappa shape index (κ2) is 6.95. The molecule has 0 atom stereocenters. The molecule has 5 nitrogen and oxygen atoms in total. The van der Waals surface area contributed by atoms with E-state index in [4.69, 9.17) is 11.0 Å². The van der Waals surface area contributed by atoms with Gasteiger partial charge in [-0.2, -0.15) is 5.26 Å². The van der Waals surface area contributed by atoms with Gasteiger partial charge in [0.25, 0.3) is 0 Å². The van der Waals surface area contributed by atoms with Crippen molar-refractivity contribution < 1.29 is 0 Å². The topological polar surface area (TPSA) is 69.2 Å². The van der Waals surface area contributed by atoms with Crippen LogP contribution in [0.25, 0.3) is 0 Å². The van der Waals surface area contributed by atoms with E-state index in [9.17, 15) is 0 Å². The third kappa shape index (κ3) is 4.42. The number of rotatable bonds is 6. The maximum Gasteiger partial charge on any atom is 0.153 e. The molecule has 0 unspecified atom stereocenters. The quantitative estimate of drug-likeness (QED) is 0.841. The van der Waals surface area contributed by atoms with Crippen LogP contribution in [-0.4, -0.2) is 43.6 Å². The number of aromatic nitrogens is 1. The van der Waals surface area contributed by atoms with Crippen molar-refractivity contribution in [1.82, 2.24) is 9.88 Å². The second-order valence-electron chi connectivity index (χ2n) is 5.35. The average molecular weight is 261 g/mol. The highest BCUT2D eigenvalue weighted by Gasteiger charge is 2.15. The molecule has 0 spiro atoms. The summed E-state index contributed by atoms with van der Waals surface area (Å²) in [6.45, 7) is 6.96. The van der Waals surface area contributed by atoms with Crippen molar-refractivity contribution in [3.05, 3.63) is 17.8 Å². The fourth-order valence-corrected chi connectivity index (χ4v) is 1.86. The van der Waals surface area contributed by atoms with Gasteiger partial charge in [0.15, 0.2) is 5.82 Å². The highest BCUT2D eigenvalue weighted by atomic mass is 15.2. The number of pyridine rings is 1. The van der Waals surface area contributed by atoms with Gasteiger partial charge < -0.3 is 15.5 Å². The number of hydrogen-bond donors (Lipinski definition) is 1. The van der Waals surface area contributed by atoms with Crippen molar-refractivity contribution in [3.63, 3.8) is 0 Å². The van der Waals surface area contributed by atoms with Gasteiger partial charge in [0, 0.05) is 25.8 Å². The molecular formula is C14H23N5. The Kier molecular flexibility index (Phi) is 5.58. The Hall–Kier alpha value is -1.80. The van der Waals surface area contributed by atoms with E-state index in [-0.39, 0.29) is 0 Å². The van der Waals surface area contributed by atoms with Crippen LogP contribution in [0.3, 0.4) is 0 Å². The van der Waals surface area contributed by atoms with Gasteiger partial charge in [-0.05, 0) is 26.1 Å². The number of nitrogens with zero attached hydrogens (tertiary/aromatic N) is 4. The van der Waals surface area contributed by atoms with E-state index in [0.29, 0.717) is 17.2 Å². The first-order chi connectivity index (χ1) is 8.95. The Morgan fingerprint density at radius 2 is 2.05 bits per heavy atom. The first kappa shape index (κ1) is 15.3. The first-order valence-corrected chi connectivity index (χ1v) is 6.50. The van der Waals surface area contributed by atoms with Crippen LogP contribution in [0.15, 0.2) is 12.3 Å². The van der Waals surface area contributed by atoms with Crippen molar-refractivity contribution in [2.24, 2.45) is 5.92 Å². The van der Waals surface area contributed by atoms with Crippen LogP contribution >= 0.6 is 0 Å².